The predicted molar refractivity (Wildman–Crippen MR) is 132 cm³/mol. The van der Waals surface area contributed by atoms with Gasteiger partial charge in [-0.15, -0.1) is 11.8 Å². The minimum atomic E-state index is -0.380. The van der Waals surface area contributed by atoms with Crippen LogP contribution in [0.5, 0.6) is 0 Å². The van der Waals surface area contributed by atoms with E-state index in [0.717, 1.165) is 11.1 Å². The van der Waals surface area contributed by atoms with Crippen LogP contribution < -0.4 is 11.2 Å². The average Bonchev–Trinajstić information content (AvgIpc) is 3.21. The van der Waals surface area contributed by atoms with Gasteiger partial charge in [0.05, 0.1) is 36.5 Å². The Bertz CT molecular complexity index is 1140. The highest BCUT2D eigenvalue weighted by Gasteiger charge is 2.37. The summed E-state index contributed by atoms with van der Waals surface area (Å²) in [6.45, 7) is 5.46. The molecule has 2 heterocycles. The molecular formula is C26H30N2O4S. The van der Waals surface area contributed by atoms with Crippen LogP contribution in [0.25, 0.3) is 0 Å². The number of rotatable bonds is 9. The van der Waals surface area contributed by atoms with Gasteiger partial charge in [0.2, 0.25) is 0 Å². The largest absolute Gasteiger partial charge is 0.376 e. The standard InChI is InChI=1S/C26H30N2O4S/c1-18(2)21-14-28(26(30)27-25(21)29)24-13-22(32-16-20-11-7-4-8-12-20)23(33-24)17-31-15-19-9-5-3-6-10-19/h3-12,14,18,22-24H,13,15-17H2,1-2H3,(H,27,29,30)/t22-,23+,24+/m0/s1. The van der Waals surface area contributed by atoms with E-state index in [1.165, 1.54) is 0 Å². The van der Waals surface area contributed by atoms with Crippen LogP contribution in [0.3, 0.4) is 0 Å². The SMILES string of the molecule is CC(C)c1cn([C@H]2C[C@H](OCc3ccccc3)[C@@H](COCc3ccccc3)S2)c(=O)[nH]c1=O. The lowest BCUT2D eigenvalue weighted by molar-refractivity contribution is 0.0134. The summed E-state index contributed by atoms with van der Waals surface area (Å²) in [5.74, 6) is 0.0298. The molecule has 1 fully saturated rings. The number of ether oxygens (including phenoxy) is 2. The van der Waals surface area contributed by atoms with E-state index in [-0.39, 0.29) is 33.9 Å². The molecule has 0 saturated carbocycles. The highest BCUT2D eigenvalue weighted by molar-refractivity contribution is 8.00. The first-order valence-electron chi connectivity index (χ1n) is 11.3. The Morgan fingerprint density at radius 2 is 1.64 bits per heavy atom. The Hall–Kier alpha value is -2.61. The molecular weight excluding hydrogens is 436 g/mol. The maximum Gasteiger partial charge on any atom is 0.329 e. The number of benzene rings is 2. The summed E-state index contributed by atoms with van der Waals surface area (Å²) in [5.41, 5.74) is 2.15. The van der Waals surface area contributed by atoms with E-state index in [1.807, 2.05) is 74.5 Å². The molecule has 0 spiro atoms. The summed E-state index contributed by atoms with van der Waals surface area (Å²) in [4.78, 5) is 27.3. The zero-order valence-electron chi connectivity index (χ0n) is 19.0. The van der Waals surface area contributed by atoms with Crippen molar-refractivity contribution >= 4 is 11.8 Å². The van der Waals surface area contributed by atoms with Gasteiger partial charge in [-0.2, -0.15) is 0 Å². The molecule has 6 nitrogen and oxygen atoms in total. The lowest BCUT2D eigenvalue weighted by Crippen LogP contribution is -2.33. The molecule has 4 rings (SSSR count). The maximum absolute atomic E-state index is 12.6. The molecule has 0 bridgehead atoms. The Morgan fingerprint density at radius 1 is 1.00 bits per heavy atom. The molecule has 1 saturated heterocycles. The van der Waals surface area contributed by atoms with E-state index in [4.69, 9.17) is 9.47 Å². The Labute approximate surface area is 198 Å². The molecule has 1 aromatic heterocycles. The zero-order valence-corrected chi connectivity index (χ0v) is 19.8. The van der Waals surface area contributed by atoms with Crippen molar-refractivity contribution in [2.75, 3.05) is 6.61 Å². The first-order chi connectivity index (χ1) is 16.0. The molecule has 3 aromatic rings. The lowest BCUT2D eigenvalue weighted by atomic mass is 10.1. The van der Waals surface area contributed by atoms with Gasteiger partial charge in [0.15, 0.2) is 0 Å². The summed E-state index contributed by atoms with van der Waals surface area (Å²) in [7, 11) is 0. The summed E-state index contributed by atoms with van der Waals surface area (Å²) < 4.78 is 14.0. The molecule has 1 N–H and O–H groups in total. The van der Waals surface area contributed by atoms with Crippen LogP contribution in [-0.4, -0.2) is 27.5 Å². The minimum Gasteiger partial charge on any atom is -0.376 e. The average molecular weight is 467 g/mol. The van der Waals surface area contributed by atoms with Crippen molar-refractivity contribution in [1.82, 2.24) is 9.55 Å². The van der Waals surface area contributed by atoms with E-state index in [1.54, 1.807) is 22.5 Å². The molecule has 0 unspecified atom stereocenters. The number of hydrogen-bond donors (Lipinski definition) is 1. The molecule has 174 valence electrons. The number of nitrogens with zero attached hydrogens (tertiary/aromatic N) is 1. The second kappa shape index (κ2) is 11.0. The number of nitrogens with one attached hydrogen (secondary N) is 1. The molecule has 1 aliphatic rings. The van der Waals surface area contributed by atoms with Gasteiger partial charge in [-0.25, -0.2) is 4.79 Å². The maximum atomic E-state index is 12.6. The zero-order chi connectivity index (χ0) is 23.2. The first kappa shape index (κ1) is 23.5. The number of aromatic amines is 1. The highest BCUT2D eigenvalue weighted by Crippen LogP contribution is 2.43. The lowest BCUT2D eigenvalue weighted by Gasteiger charge is -2.19. The third-order valence-electron chi connectivity index (χ3n) is 5.81. The molecule has 0 amide bonds. The summed E-state index contributed by atoms with van der Waals surface area (Å²) in [6.07, 6.45) is 2.31. The predicted octanol–water partition coefficient (Wildman–Crippen LogP) is 4.47. The molecule has 33 heavy (non-hydrogen) atoms. The summed E-state index contributed by atoms with van der Waals surface area (Å²) in [5, 5.41) is -0.0540. The van der Waals surface area contributed by atoms with Crippen molar-refractivity contribution in [1.29, 1.82) is 0 Å². The molecule has 0 radical (unpaired) electrons. The van der Waals surface area contributed by atoms with E-state index < -0.39 is 0 Å². The molecule has 7 heteroatoms. The highest BCUT2D eigenvalue weighted by atomic mass is 32.2. The minimum absolute atomic E-state index is 0.0298. The number of H-pyrrole nitrogens is 1. The van der Waals surface area contributed by atoms with Gasteiger partial charge < -0.3 is 9.47 Å². The smallest absolute Gasteiger partial charge is 0.329 e. The second-order valence-electron chi connectivity index (χ2n) is 8.61. The van der Waals surface area contributed by atoms with Gasteiger partial charge in [0, 0.05) is 18.2 Å². The van der Waals surface area contributed by atoms with E-state index in [2.05, 4.69) is 4.98 Å². The topological polar surface area (TPSA) is 73.3 Å². The van der Waals surface area contributed by atoms with E-state index >= 15 is 0 Å². The normalized spacial score (nSPS) is 20.4. The van der Waals surface area contributed by atoms with Crippen LogP contribution >= 0.6 is 11.8 Å². The van der Waals surface area contributed by atoms with Crippen molar-refractivity contribution < 1.29 is 9.47 Å². The van der Waals surface area contributed by atoms with E-state index in [9.17, 15) is 9.59 Å². The fraction of sp³-hybridized carbons (Fsp3) is 0.385. The van der Waals surface area contributed by atoms with Gasteiger partial charge in [-0.05, 0) is 17.0 Å². The van der Waals surface area contributed by atoms with E-state index in [0.29, 0.717) is 31.8 Å². The molecule has 2 aromatic carbocycles. The Kier molecular flexibility index (Phi) is 7.85. The Morgan fingerprint density at radius 3 is 2.27 bits per heavy atom. The van der Waals surface area contributed by atoms with Gasteiger partial charge in [-0.3, -0.25) is 14.3 Å². The summed E-state index contributed by atoms with van der Waals surface area (Å²) in [6, 6.07) is 20.1. The molecule has 3 atom stereocenters. The fourth-order valence-electron chi connectivity index (χ4n) is 3.97. The van der Waals surface area contributed by atoms with Crippen molar-refractivity contribution in [2.24, 2.45) is 0 Å². The van der Waals surface area contributed by atoms with Gasteiger partial charge in [0.25, 0.3) is 5.56 Å². The Balaban J connectivity index is 1.49. The van der Waals surface area contributed by atoms with Gasteiger partial charge in [-0.1, -0.05) is 74.5 Å². The van der Waals surface area contributed by atoms with Crippen LogP contribution in [0.1, 0.15) is 48.3 Å². The number of aromatic nitrogens is 2. The monoisotopic (exact) mass is 466 g/mol. The second-order valence-corrected chi connectivity index (χ2v) is 10.0. The van der Waals surface area contributed by atoms with Crippen LogP contribution in [0.15, 0.2) is 76.4 Å². The van der Waals surface area contributed by atoms with Gasteiger partial charge in [0.1, 0.15) is 0 Å². The quantitative estimate of drug-likeness (QED) is 0.504. The fourth-order valence-corrected chi connectivity index (χ4v) is 5.50. The molecule has 1 aliphatic heterocycles. The van der Waals surface area contributed by atoms with Crippen LogP contribution in [0.4, 0.5) is 0 Å². The van der Waals surface area contributed by atoms with Crippen LogP contribution in [-0.2, 0) is 22.7 Å². The van der Waals surface area contributed by atoms with Crippen LogP contribution in [0.2, 0.25) is 0 Å². The third kappa shape index (κ3) is 6.05. The van der Waals surface area contributed by atoms with Crippen molar-refractivity contribution in [3.8, 4) is 0 Å². The van der Waals surface area contributed by atoms with Crippen LogP contribution in [0, 0.1) is 0 Å². The third-order valence-corrected chi connectivity index (χ3v) is 7.33. The number of thioether (sulfide) groups is 1. The first-order valence-corrected chi connectivity index (χ1v) is 12.2. The summed E-state index contributed by atoms with van der Waals surface area (Å²) >= 11 is 1.67. The van der Waals surface area contributed by atoms with Crippen molar-refractivity contribution in [3.05, 3.63) is 104 Å². The van der Waals surface area contributed by atoms with Crippen molar-refractivity contribution in [3.63, 3.8) is 0 Å². The van der Waals surface area contributed by atoms with Gasteiger partial charge >= 0.3 is 5.69 Å². The number of hydrogen-bond acceptors (Lipinski definition) is 5. The molecule has 0 aliphatic carbocycles. The van der Waals surface area contributed by atoms with Crippen molar-refractivity contribution in [2.45, 2.75) is 56.1 Å².